The number of nitrogens with zero attached hydrogens (tertiary/aromatic N) is 2. The number of benzene rings is 1. The molecule has 0 unspecified atom stereocenters. The second kappa shape index (κ2) is 7.51. The van der Waals surface area contributed by atoms with Crippen molar-refractivity contribution in [1.82, 2.24) is 9.97 Å². The quantitative estimate of drug-likeness (QED) is 0.810. The Balaban J connectivity index is 2.27. The number of aromatic nitrogens is 2. The van der Waals surface area contributed by atoms with Gasteiger partial charge >= 0.3 is 0 Å². The highest BCUT2D eigenvalue weighted by Crippen LogP contribution is 2.32. The van der Waals surface area contributed by atoms with Crippen LogP contribution in [0.3, 0.4) is 0 Å². The summed E-state index contributed by atoms with van der Waals surface area (Å²) in [5, 5.41) is 7.20. The Morgan fingerprint density at radius 2 is 1.91 bits per heavy atom. The van der Waals surface area contributed by atoms with E-state index < -0.39 is 0 Å². The molecule has 6 heteroatoms. The number of nitrogens with one attached hydrogen (secondary N) is 2. The minimum atomic E-state index is 0.523. The van der Waals surface area contributed by atoms with Crippen molar-refractivity contribution in [3.63, 3.8) is 0 Å². The van der Waals surface area contributed by atoms with Gasteiger partial charge in [-0.25, -0.2) is 4.98 Å². The molecule has 2 aromatic rings. The largest absolute Gasteiger partial charge is 0.495 e. The molecule has 1 aromatic heterocycles. The first kappa shape index (κ1) is 17.3. The molecule has 0 radical (unpaired) electrons. The molecule has 23 heavy (non-hydrogen) atoms. The van der Waals surface area contributed by atoms with Gasteiger partial charge in [0.15, 0.2) is 0 Å². The van der Waals surface area contributed by atoms with Crippen LogP contribution in [0.4, 0.5) is 17.5 Å². The van der Waals surface area contributed by atoms with Gasteiger partial charge in [-0.05, 0) is 31.4 Å². The predicted octanol–water partition coefficient (Wildman–Crippen LogP) is 4.57. The van der Waals surface area contributed by atoms with Crippen molar-refractivity contribution in [2.45, 2.75) is 27.7 Å². The van der Waals surface area contributed by atoms with E-state index in [4.69, 9.17) is 16.3 Å². The van der Waals surface area contributed by atoms with Crippen LogP contribution >= 0.6 is 11.6 Å². The van der Waals surface area contributed by atoms with E-state index in [1.165, 1.54) is 0 Å². The molecule has 5 nitrogen and oxygen atoms in total. The van der Waals surface area contributed by atoms with Crippen LogP contribution in [0.15, 0.2) is 18.2 Å². The first-order valence-corrected chi connectivity index (χ1v) is 7.97. The lowest BCUT2D eigenvalue weighted by Crippen LogP contribution is -2.11. The summed E-state index contributed by atoms with van der Waals surface area (Å²) in [6.45, 7) is 9.00. The summed E-state index contributed by atoms with van der Waals surface area (Å²) < 4.78 is 5.39. The highest BCUT2D eigenvalue weighted by atomic mass is 35.5. The molecule has 1 heterocycles. The van der Waals surface area contributed by atoms with E-state index >= 15 is 0 Å². The monoisotopic (exact) mass is 334 g/mol. The zero-order valence-corrected chi connectivity index (χ0v) is 15.0. The van der Waals surface area contributed by atoms with E-state index in [0.29, 0.717) is 28.5 Å². The topological polar surface area (TPSA) is 59.1 Å². The molecule has 1 aromatic carbocycles. The van der Waals surface area contributed by atoms with Crippen molar-refractivity contribution in [3.8, 4) is 5.75 Å². The molecule has 0 bridgehead atoms. The third-order valence-corrected chi connectivity index (χ3v) is 3.67. The zero-order chi connectivity index (χ0) is 17.0. The average molecular weight is 335 g/mol. The molecule has 2 rings (SSSR count). The van der Waals surface area contributed by atoms with E-state index in [1.807, 2.05) is 26.0 Å². The smallest absolute Gasteiger partial charge is 0.224 e. The maximum absolute atomic E-state index is 6.15. The van der Waals surface area contributed by atoms with Gasteiger partial charge in [0.05, 0.1) is 12.8 Å². The summed E-state index contributed by atoms with van der Waals surface area (Å²) in [6, 6.07) is 5.63. The summed E-state index contributed by atoms with van der Waals surface area (Å²) in [5.41, 5.74) is 2.68. The molecule has 0 aliphatic heterocycles. The third kappa shape index (κ3) is 4.73. The second-order valence-electron chi connectivity index (χ2n) is 5.92. The summed E-state index contributed by atoms with van der Waals surface area (Å²) in [7, 11) is 1.62. The fraction of sp³-hybridized carbons (Fsp3) is 0.412. The molecular formula is C17H23ClN4O. The van der Waals surface area contributed by atoms with Gasteiger partial charge in [-0.15, -0.1) is 0 Å². The fourth-order valence-electron chi connectivity index (χ4n) is 2.07. The number of rotatable bonds is 6. The van der Waals surface area contributed by atoms with Gasteiger partial charge in [0.25, 0.3) is 0 Å². The number of hydrogen-bond acceptors (Lipinski definition) is 5. The number of halogens is 1. The lowest BCUT2D eigenvalue weighted by molar-refractivity contribution is 0.416. The molecule has 2 N–H and O–H groups in total. The summed E-state index contributed by atoms with van der Waals surface area (Å²) in [6.07, 6.45) is 0. The Kier molecular flexibility index (Phi) is 5.66. The summed E-state index contributed by atoms with van der Waals surface area (Å²) >= 11 is 6.15. The number of aryl methyl sites for hydroxylation is 2. The Morgan fingerprint density at radius 3 is 2.57 bits per heavy atom. The maximum Gasteiger partial charge on any atom is 0.224 e. The van der Waals surface area contributed by atoms with Gasteiger partial charge in [0.1, 0.15) is 11.6 Å². The Bertz CT molecular complexity index is 689. The zero-order valence-electron chi connectivity index (χ0n) is 14.2. The molecule has 0 aliphatic carbocycles. The van der Waals surface area contributed by atoms with Crippen molar-refractivity contribution >= 4 is 29.1 Å². The van der Waals surface area contributed by atoms with Crippen LogP contribution in [0, 0.1) is 19.8 Å². The summed E-state index contributed by atoms with van der Waals surface area (Å²) in [4.78, 5) is 8.91. The van der Waals surface area contributed by atoms with Crippen LogP contribution in [0.5, 0.6) is 5.75 Å². The highest BCUT2D eigenvalue weighted by molar-refractivity contribution is 6.31. The first-order chi connectivity index (χ1) is 10.9. The van der Waals surface area contributed by atoms with E-state index in [2.05, 4.69) is 34.4 Å². The van der Waals surface area contributed by atoms with Gasteiger partial charge in [0, 0.05) is 29.4 Å². The van der Waals surface area contributed by atoms with Gasteiger partial charge < -0.3 is 15.4 Å². The lowest BCUT2D eigenvalue weighted by Gasteiger charge is -2.14. The number of methoxy groups -OCH3 is 1. The minimum absolute atomic E-state index is 0.523. The van der Waals surface area contributed by atoms with Gasteiger partial charge in [-0.2, -0.15) is 4.98 Å². The standard InChI is InChI=1S/C17H23ClN4O/c1-10(2)9-19-17-20-12(4)7-16(22-17)21-14-6-11(3)13(18)8-15(14)23-5/h6-8,10H,9H2,1-5H3,(H2,19,20,21,22). The lowest BCUT2D eigenvalue weighted by atomic mass is 10.2. The molecule has 0 aliphatic rings. The first-order valence-electron chi connectivity index (χ1n) is 7.59. The molecule has 0 saturated heterocycles. The van der Waals surface area contributed by atoms with Crippen LogP contribution in [-0.4, -0.2) is 23.6 Å². The van der Waals surface area contributed by atoms with Crippen molar-refractivity contribution in [2.24, 2.45) is 5.92 Å². The molecule has 0 saturated carbocycles. The number of anilines is 3. The van der Waals surface area contributed by atoms with Crippen LogP contribution in [0.25, 0.3) is 0 Å². The maximum atomic E-state index is 6.15. The molecule has 0 spiro atoms. The van der Waals surface area contributed by atoms with Crippen molar-refractivity contribution in [1.29, 1.82) is 0 Å². The molecule has 124 valence electrons. The van der Waals surface area contributed by atoms with E-state index in [9.17, 15) is 0 Å². The normalized spacial score (nSPS) is 10.7. The van der Waals surface area contributed by atoms with Gasteiger partial charge in [-0.3, -0.25) is 0 Å². The Hall–Kier alpha value is -2.01. The molecule has 0 atom stereocenters. The number of hydrogen-bond donors (Lipinski definition) is 2. The van der Waals surface area contributed by atoms with Gasteiger partial charge in [0.2, 0.25) is 5.95 Å². The van der Waals surface area contributed by atoms with Crippen LogP contribution < -0.4 is 15.4 Å². The number of ether oxygens (including phenoxy) is 1. The SMILES string of the molecule is COc1cc(Cl)c(C)cc1Nc1cc(C)nc(NCC(C)C)n1. The molecule has 0 amide bonds. The second-order valence-corrected chi connectivity index (χ2v) is 6.33. The van der Waals surface area contributed by atoms with Gasteiger partial charge in [-0.1, -0.05) is 25.4 Å². The van der Waals surface area contributed by atoms with Crippen molar-refractivity contribution in [3.05, 3.63) is 34.5 Å². The molecule has 0 fully saturated rings. The Labute approximate surface area is 142 Å². The van der Waals surface area contributed by atoms with Crippen LogP contribution in [0.2, 0.25) is 5.02 Å². The van der Waals surface area contributed by atoms with Crippen LogP contribution in [0.1, 0.15) is 25.1 Å². The molecular weight excluding hydrogens is 312 g/mol. The van der Waals surface area contributed by atoms with E-state index in [-0.39, 0.29) is 0 Å². The van der Waals surface area contributed by atoms with Crippen LogP contribution in [-0.2, 0) is 0 Å². The fourth-order valence-corrected chi connectivity index (χ4v) is 2.23. The summed E-state index contributed by atoms with van der Waals surface area (Å²) in [5.74, 6) is 2.53. The average Bonchev–Trinajstić information content (AvgIpc) is 2.48. The van der Waals surface area contributed by atoms with E-state index in [1.54, 1.807) is 13.2 Å². The predicted molar refractivity (Wildman–Crippen MR) is 96.1 cm³/mol. The third-order valence-electron chi connectivity index (χ3n) is 3.27. The van der Waals surface area contributed by atoms with E-state index in [0.717, 1.165) is 23.5 Å². The Morgan fingerprint density at radius 1 is 1.17 bits per heavy atom. The minimum Gasteiger partial charge on any atom is -0.495 e. The highest BCUT2D eigenvalue weighted by Gasteiger charge is 2.09. The van der Waals surface area contributed by atoms with Crippen molar-refractivity contribution < 1.29 is 4.74 Å². The van der Waals surface area contributed by atoms with Crippen molar-refractivity contribution in [2.75, 3.05) is 24.3 Å².